The summed E-state index contributed by atoms with van der Waals surface area (Å²) < 4.78 is 43.0. The zero-order valence-corrected chi connectivity index (χ0v) is 14.4. The molecular weight excluding hydrogens is 373 g/mol. The zero-order chi connectivity index (χ0) is 20.1. The number of ether oxygens (including phenoxy) is 1. The van der Waals surface area contributed by atoms with Gasteiger partial charge in [0.1, 0.15) is 5.75 Å². The van der Waals surface area contributed by atoms with Crippen molar-refractivity contribution in [2.24, 2.45) is 0 Å². The number of carbonyl (C=O) groups is 2. The van der Waals surface area contributed by atoms with E-state index >= 15 is 0 Å². The second-order valence-electron chi connectivity index (χ2n) is 5.88. The summed E-state index contributed by atoms with van der Waals surface area (Å²) in [6.07, 6.45) is -4.50. The van der Waals surface area contributed by atoms with Gasteiger partial charge in [-0.3, -0.25) is 20.4 Å². The van der Waals surface area contributed by atoms with E-state index < -0.39 is 30.2 Å². The molecule has 0 aromatic heterocycles. The van der Waals surface area contributed by atoms with Crippen LogP contribution in [0, 0.1) is 0 Å². The largest absolute Gasteiger partial charge is 0.484 e. The van der Waals surface area contributed by atoms with E-state index in [0.717, 1.165) is 22.9 Å². The molecule has 5 nitrogen and oxygen atoms in total. The number of fused-ring (bicyclic) bond motifs is 1. The molecule has 144 valence electrons. The van der Waals surface area contributed by atoms with Crippen LogP contribution in [-0.2, 0) is 11.0 Å². The fourth-order valence-electron chi connectivity index (χ4n) is 2.48. The lowest BCUT2D eigenvalue weighted by atomic mass is 10.1. The minimum atomic E-state index is -4.50. The quantitative estimate of drug-likeness (QED) is 0.670. The number of alkyl halides is 3. The first kappa shape index (κ1) is 19.2. The Balaban J connectivity index is 1.53. The van der Waals surface area contributed by atoms with Crippen molar-refractivity contribution in [3.8, 4) is 5.75 Å². The predicted molar refractivity (Wildman–Crippen MR) is 96.5 cm³/mol. The number of rotatable bonds is 4. The Labute approximate surface area is 158 Å². The molecule has 0 atom stereocenters. The van der Waals surface area contributed by atoms with Gasteiger partial charge in [-0.1, -0.05) is 36.4 Å². The number of hydrazine groups is 1. The van der Waals surface area contributed by atoms with E-state index in [4.69, 9.17) is 4.74 Å². The van der Waals surface area contributed by atoms with Crippen molar-refractivity contribution < 1.29 is 27.5 Å². The highest BCUT2D eigenvalue weighted by Crippen LogP contribution is 2.31. The van der Waals surface area contributed by atoms with Crippen LogP contribution in [0.1, 0.15) is 15.9 Å². The van der Waals surface area contributed by atoms with Gasteiger partial charge < -0.3 is 4.74 Å². The van der Waals surface area contributed by atoms with Gasteiger partial charge in [-0.2, -0.15) is 13.2 Å². The molecule has 3 rings (SSSR count). The number of nitrogens with one attached hydrogen (secondary N) is 2. The molecule has 0 aliphatic heterocycles. The summed E-state index contributed by atoms with van der Waals surface area (Å²) in [5.74, 6) is -1.35. The maximum absolute atomic E-state index is 12.7. The highest BCUT2D eigenvalue weighted by Gasteiger charge is 2.30. The molecule has 8 heteroatoms. The monoisotopic (exact) mass is 388 g/mol. The lowest BCUT2D eigenvalue weighted by molar-refractivity contribution is -0.137. The van der Waals surface area contributed by atoms with Gasteiger partial charge in [0.25, 0.3) is 11.8 Å². The summed E-state index contributed by atoms with van der Waals surface area (Å²) in [4.78, 5) is 23.9. The molecule has 0 saturated carbocycles. The van der Waals surface area contributed by atoms with Crippen molar-refractivity contribution in [2.45, 2.75) is 6.18 Å². The standard InChI is InChI=1S/C20H15F3N2O3/c21-20(22,23)16-6-3-7-17(11-16)28-12-18(26)24-25-19(27)15-9-8-13-4-1-2-5-14(13)10-15/h1-11H,12H2,(H,24,26)(H,25,27). The van der Waals surface area contributed by atoms with Gasteiger partial charge in [0.2, 0.25) is 0 Å². The number of amides is 2. The first-order valence-electron chi connectivity index (χ1n) is 8.21. The molecule has 0 aliphatic carbocycles. The average Bonchev–Trinajstić information content (AvgIpc) is 2.69. The van der Waals surface area contributed by atoms with Gasteiger partial charge in [-0.15, -0.1) is 0 Å². The number of hydrogen-bond acceptors (Lipinski definition) is 3. The fourth-order valence-corrected chi connectivity index (χ4v) is 2.48. The topological polar surface area (TPSA) is 67.4 Å². The Hall–Kier alpha value is -3.55. The van der Waals surface area contributed by atoms with Crippen LogP contribution in [0.4, 0.5) is 13.2 Å². The van der Waals surface area contributed by atoms with E-state index in [1.165, 1.54) is 12.1 Å². The Bertz CT molecular complexity index is 1020. The van der Waals surface area contributed by atoms with E-state index in [2.05, 4.69) is 10.9 Å². The van der Waals surface area contributed by atoms with Crippen molar-refractivity contribution in [1.29, 1.82) is 0 Å². The fraction of sp³-hybridized carbons (Fsp3) is 0.100. The van der Waals surface area contributed by atoms with Crippen molar-refractivity contribution in [3.05, 3.63) is 77.9 Å². The minimum absolute atomic E-state index is 0.106. The van der Waals surface area contributed by atoms with Crippen LogP contribution < -0.4 is 15.6 Å². The molecule has 0 fully saturated rings. The highest BCUT2D eigenvalue weighted by molar-refractivity contribution is 5.99. The first-order chi connectivity index (χ1) is 13.3. The van der Waals surface area contributed by atoms with Crippen LogP contribution in [0.3, 0.4) is 0 Å². The molecule has 0 bridgehead atoms. The van der Waals surface area contributed by atoms with Gasteiger partial charge >= 0.3 is 6.18 Å². The minimum Gasteiger partial charge on any atom is -0.484 e. The Kier molecular flexibility index (Phi) is 5.49. The van der Waals surface area contributed by atoms with Crippen molar-refractivity contribution in [2.75, 3.05) is 6.61 Å². The van der Waals surface area contributed by atoms with Crippen LogP contribution >= 0.6 is 0 Å². The molecule has 0 spiro atoms. The average molecular weight is 388 g/mol. The van der Waals surface area contributed by atoms with Gasteiger partial charge in [-0.25, -0.2) is 0 Å². The van der Waals surface area contributed by atoms with Crippen LogP contribution in [0.2, 0.25) is 0 Å². The van der Waals surface area contributed by atoms with Gasteiger partial charge in [-0.05, 0) is 41.1 Å². The van der Waals surface area contributed by atoms with Crippen molar-refractivity contribution >= 4 is 22.6 Å². The molecule has 2 amide bonds. The molecule has 0 saturated heterocycles. The Morgan fingerprint density at radius 2 is 1.61 bits per heavy atom. The van der Waals surface area contributed by atoms with Crippen molar-refractivity contribution in [1.82, 2.24) is 10.9 Å². The summed E-state index contributed by atoms with van der Waals surface area (Å²) in [5, 5.41) is 1.84. The molecule has 2 N–H and O–H groups in total. The molecule has 0 heterocycles. The van der Waals surface area contributed by atoms with E-state index in [-0.39, 0.29) is 5.75 Å². The van der Waals surface area contributed by atoms with Gasteiger partial charge in [0, 0.05) is 5.56 Å². The maximum atomic E-state index is 12.7. The van der Waals surface area contributed by atoms with Crippen LogP contribution in [-0.4, -0.2) is 18.4 Å². The zero-order valence-electron chi connectivity index (χ0n) is 14.4. The SMILES string of the molecule is O=C(COc1cccc(C(F)(F)F)c1)NNC(=O)c1ccc2ccccc2c1. The first-order valence-corrected chi connectivity index (χ1v) is 8.21. The molecule has 3 aromatic carbocycles. The van der Waals surface area contributed by atoms with Crippen molar-refractivity contribution in [3.63, 3.8) is 0 Å². The van der Waals surface area contributed by atoms with E-state index in [1.54, 1.807) is 18.2 Å². The smallest absolute Gasteiger partial charge is 0.416 e. The second-order valence-corrected chi connectivity index (χ2v) is 5.88. The van der Waals surface area contributed by atoms with Crippen LogP contribution in [0.5, 0.6) is 5.75 Å². The molecule has 0 aliphatic rings. The van der Waals surface area contributed by atoms with Crippen LogP contribution in [0.15, 0.2) is 66.7 Å². The lowest BCUT2D eigenvalue weighted by Crippen LogP contribution is -2.43. The third-order valence-electron chi connectivity index (χ3n) is 3.86. The number of benzene rings is 3. The Morgan fingerprint density at radius 1 is 0.857 bits per heavy atom. The molecule has 0 radical (unpaired) electrons. The molecule has 3 aromatic rings. The summed E-state index contributed by atoms with van der Waals surface area (Å²) >= 11 is 0. The van der Waals surface area contributed by atoms with E-state index in [9.17, 15) is 22.8 Å². The maximum Gasteiger partial charge on any atom is 0.416 e. The van der Waals surface area contributed by atoms with E-state index in [1.807, 2.05) is 24.3 Å². The third kappa shape index (κ3) is 4.79. The Morgan fingerprint density at radius 3 is 2.36 bits per heavy atom. The second kappa shape index (κ2) is 7.99. The number of halogens is 3. The molecule has 28 heavy (non-hydrogen) atoms. The van der Waals surface area contributed by atoms with Crippen LogP contribution in [0.25, 0.3) is 10.8 Å². The molecule has 0 unspecified atom stereocenters. The summed E-state index contributed by atoms with van der Waals surface area (Å²) in [7, 11) is 0. The third-order valence-corrected chi connectivity index (χ3v) is 3.86. The predicted octanol–water partition coefficient (Wildman–Crippen LogP) is 3.70. The van der Waals surface area contributed by atoms with Gasteiger partial charge in [0.15, 0.2) is 6.61 Å². The lowest BCUT2D eigenvalue weighted by Gasteiger charge is -2.11. The molecular formula is C20H15F3N2O3. The normalized spacial score (nSPS) is 11.1. The number of carbonyl (C=O) groups excluding carboxylic acids is 2. The highest BCUT2D eigenvalue weighted by atomic mass is 19.4. The summed E-state index contributed by atoms with van der Waals surface area (Å²) in [5.41, 5.74) is 3.86. The summed E-state index contributed by atoms with van der Waals surface area (Å²) in [6, 6.07) is 16.7. The number of hydrogen-bond donors (Lipinski definition) is 2. The van der Waals surface area contributed by atoms with E-state index in [0.29, 0.717) is 5.56 Å². The van der Waals surface area contributed by atoms with Gasteiger partial charge in [0.05, 0.1) is 5.56 Å². The summed E-state index contributed by atoms with van der Waals surface area (Å²) in [6.45, 7) is -0.556.